The highest BCUT2D eigenvalue weighted by atomic mass is 16.7. The third-order valence-electron chi connectivity index (χ3n) is 16.1. The van der Waals surface area contributed by atoms with Crippen LogP contribution in [0.5, 0.6) is 0 Å². The minimum atomic E-state index is -1.79. The maximum absolute atomic E-state index is 13.2. The lowest BCUT2D eigenvalue weighted by molar-refractivity contribution is -0.359. The Morgan fingerprint density at radius 3 is 1.26 bits per heavy atom. The van der Waals surface area contributed by atoms with Gasteiger partial charge >= 0.3 is 0 Å². The number of rotatable bonds is 53. The second-order valence-electron chi connectivity index (χ2n) is 23.2. The average Bonchev–Trinajstić information content (AvgIpc) is 3.45. The molecular formula is C64H121NO13. The minimum absolute atomic E-state index is 0.245. The molecule has 78 heavy (non-hydrogen) atoms. The van der Waals surface area contributed by atoms with E-state index >= 15 is 0 Å². The maximum atomic E-state index is 13.2. The van der Waals surface area contributed by atoms with E-state index < -0.39 is 86.8 Å². The summed E-state index contributed by atoms with van der Waals surface area (Å²) in [5, 5.41) is 86.9. The van der Waals surface area contributed by atoms with Gasteiger partial charge < -0.3 is 65.1 Å². The van der Waals surface area contributed by atoms with Crippen molar-refractivity contribution in [2.24, 2.45) is 0 Å². The first-order valence-corrected chi connectivity index (χ1v) is 32.6. The molecule has 2 rings (SSSR count). The molecule has 14 nitrogen and oxygen atoms in total. The summed E-state index contributed by atoms with van der Waals surface area (Å²) in [5.41, 5.74) is 0. The molecule has 1 amide bonds. The van der Waals surface area contributed by atoms with Crippen molar-refractivity contribution in [2.45, 2.75) is 357 Å². The van der Waals surface area contributed by atoms with Gasteiger partial charge in [0.05, 0.1) is 32.0 Å². The number of carbonyl (C=O) groups is 1. The zero-order chi connectivity index (χ0) is 56.7. The number of carbonyl (C=O) groups excluding carboxylic acids is 1. The Labute approximate surface area is 475 Å². The molecule has 0 radical (unpaired) electrons. The largest absolute Gasteiger partial charge is 0.394 e. The monoisotopic (exact) mass is 1110 g/mol. The highest BCUT2D eigenvalue weighted by molar-refractivity contribution is 5.76. The normalized spacial score (nSPS) is 24.6. The van der Waals surface area contributed by atoms with Crippen LogP contribution in [0.25, 0.3) is 0 Å². The van der Waals surface area contributed by atoms with Crippen LogP contribution in [0.3, 0.4) is 0 Å². The van der Waals surface area contributed by atoms with E-state index in [9.17, 15) is 45.6 Å². The standard InChI is InChI=1S/C64H121NO13/c1-3-5-7-9-11-13-15-16-17-18-19-20-21-22-23-24-25-26-27-28-29-30-31-32-33-34-35-36-38-40-42-44-46-48-56(69)65-52(53(68)47-45-43-41-39-37-14-12-10-8-6-4-2)51-75-63-61(74)59(72)62(55(50-67)77-63)78-64-60(73)58(71)57(70)54(49-66)76-64/h37,39,45,47,52-55,57-64,66-68,70-74H,3-36,38,40-44,46,48-51H2,1-2H3,(H,65,69)/b39-37+,47-45+. The number of amides is 1. The molecule has 0 bridgehead atoms. The summed E-state index contributed by atoms with van der Waals surface area (Å²) in [6.45, 7) is 2.77. The van der Waals surface area contributed by atoms with Gasteiger partial charge in [-0.15, -0.1) is 0 Å². The fourth-order valence-corrected chi connectivity index (χ4v) is 10.9. The summed E-state index contributed by atoms with van der Waals surface area (Å²) in [6, 6.07) is -0.927. The van der Waals surface area contributed by atoms with E-state index in [1.807, 2.05) is 6.08 Å². The Morgan fingerprint density at radius 2 is 0.821 bits per heavy atom. The van der Waals surface area contributed by atoms with Crippen molar-refractivity contribution in [1.82, 2.24) is 5.32 Å². The molecule has 0 aromatic rings. The molecule has 14 heteroatoms. The van der Waals surface area contributed by atoms with Crippen molar-refractivity contribution in [3.63, 3.8) is 0 Å². The predicted octanol–water partition coefficient (Wildman–Crippen LogP) is 12.0. The van der Waals surface area contributed by atoms with Crippen LogP contribution in [-0.4, -0.2) is 140 Å². The molecule has 2 heterocycles. The highest BCUT2D eigenvalue weighted by Gasteiger charge is 2.51. The summed E-state index contributed by atoms with van der Waals surface area (Å²) in [4.78, 5) is 13.2. The quantitative estimate of drug-likeness (QED) is 0.0204. The van der Waals surface area contributed by atoms with E-state index in [4.69, 9.17) is 18.9 Å². The SMILES string of the molecule is CCCCCCC/C=C/CC/C=C/C(O)C(COC1OC(CO)C(OC2OC(CO)C(O)C(O)C2O)C(O)C1O)NC(=O)CCCCCCCCCCCCCCCCCCCCCCCCCCCCCCCCCCC. The van der Waals surface area contributed by atoms with Crippen molar-refractivity contribution in [3.8, 4) is 0 Å². The molecule has 12 atom stereocenters. The molecule has 0 aromatic heterocycles. The number of nitrogens with one attached hydrogen (secondary N) is 1. The lowest BCUT2D eigenvalue weighted by Gasteiger charge is -2.46. The van der Waals surface area contributed by atoms with Crippen LogP contribution in [0, 0.1) is 0 Å². The van der Waals surface area contributed by atoms with E-state index in [-0.39, 0.29) is 18.9 Å². The van der Waals surface area contributed by atoms with E-state index in [1.54, 1.807) is 6.08 Å². The molecule has 2 aliphatic heterocycles. The third-order valence-corrected chi connectivity index (χ3v) is 16.1. The lowest BCUT2D eigenvalue weighted by atomic mass is 9.97. The Kier molecular flexibility index (Phi) is 46.5. The molecule has 460 valence electrons. The third kappa shape index (κ3) is 34.8. The number of aliphatic hydroxyl groups excluding tert-OH is 8. The number of ether oxygens (including phenoxy) is 4. The number of allylic oxidation sites excluding steroid dienone is 3. The molecule has 0 saturated carbocycles. The smallest absolute Gasteiger partial charge is 0.220 e. The van der Waals surface area contributed by atoms with Crippen LogP contribution in [-0.2, 0) is 23.7 Å². The topological polar surface area (TPSA) is 228 Å². The summed E-state index contributed by atoms with van der Waals surface area (Å²) in [6.07, 6.45) is 44.2. The fraction of sp³-hybridized carbons (Fsp3) is 0.922. The minimum Gasteiger partial charge on any atom is -0.394 e. The van der Waals surface area contributed by atoms with Gasteiger partial charge in [-0.1, -0.05) is 269 Å². The van der Waals surface area contributed by atoms with Gasteiger partial charge in [-0.2, -0.15) is 0 Å². The zero-order valence-electron chi connectivity index (χ0n) is 49.7. The molecule has 9 N–H and O–H groups in total. The Morgan fingerprint density at radius 1 is 0.449 bits per heavy atom. The fourth-order valence-electron chi connectivity index (χ4n) is 10.9. The second kappa shape index (κ2) is 50.0. The summed E-state index contributed by atoms with van der Waals surface area (Å²) < 4.78 is 22.7. The van der Waals surface area contributed by atoms with Crippen LogP contribution in [0.2, 0.25) is 0 Å². The molecule has 2 fully saturated rings. The van der Waals surface area contributed by atoms with Gasteiger partial charge in [0.15, 0.2) is 12.6 Å². The maximum Gasteiger partial charge on any atom is 0.220 e. The zero-order valence-corrected chi connectivity index (χ0v) is 49.7. The van der Waals surface area contributed by atoms with Crippen LogP contribution < -0.4 is 5.32 Å². The first-order chi connectivity index (χ1) is 38.1. The van der Waals surface area contributed by atoms with Crippen molar-refractivity contribution >= 4 is 5.91 Å². The summed E-state index contributed by atoms with van der Waals surface area (Å²) in [7, 11) is 0. The van der Waals surface area contributed by atoms with E-state index in [2.05, 4.69) is 31.3 Å². The van der Waals surface area contributed by atoms with Gasteiger partial charge in [0, 0.05) is 6.42 Å². The highest BCUT2D eigenvalue weighted by Crippen LogP contribution is 2.30. The van der Waals surface area contributed by atoms with Gasteiger partial charge in [-0.05, 0) is 32.1 Å². The average molecular weight is 1110 g/mol. The number of hydrogen-bond donors (Lipinski definition) is 9. The van der Waals surface area contributed by atoms with Crippen molar-refractivity contribution in [3.05, 3.63) is 24.3 Å². The molecule has 2 aliphatic rings. The first-order valence-electron chi connectivity index (χ1n) is 32.6. The van der Waals surface area contributed by atoms with Gasteiger partial charge in [-0.25, -0.2) is 0 Å². The van der Waals surface area contributed by atoms with E-state index in [0.717, 1.165) is 32.1 Å². The first kappa shape index (κ1) is 72.6. The van der Waals surface area contributed by atoms with Crippen molar-refractivity contribution in [2.75, 3.05) is 19.8 Å². The van der Waals surface area contributed by atoms with Crippen LogP contribution in [0.4, 0.5) is 0 Å². The Bertz CT molecular complexity index is 1400. The van der Waals surface area contributed by atoms with Gasteiger partial charge in [0.2, 0.25) is 5.91 Å². The lowest BCUT2D eigenvalue weighted by Crippen LogP contribution is -2.65. The summed E-state index contributed by atoms with van der Waals surface area (Å²) >= 11 is 0. The van der Waals surface area contributed by atoms with Crippen molar-refractivity contribution < 1.29 is 64.6 Å². The molecular weight excluding hydrogens is 991 g/mol. The van der Waals surface area contributed by atoms with Crippen LogP contribution >= 0.6 is 0 Å². The molecule has 0 spiro atoms. The molecule has 12 unspecified atom stereocenters. The second-order valence-corrected chi connectivity index (χ2v) is 23.2. The molecule has 0 aromatic carbocycles. The van der Waals surface area contributed by atoms with Crippen molar-refractivity contribution in [1.29, 1.82) is 0 Å². The van der Waals surface area contributed by atoms with E-state index in [0.29, 0.717) is 12.8 Å². The Hall–Kier alpha value is -1.53. The molecule has 2 saturated heterocycles. The van der Waals surface area contributed by atoms with Crippen LogP contribution in [0.15, 0.2) is 24.3 Å². The predicted molar refractivity (Wildman–Crippen MR) is 314 cm³/mol. The number of aliphatic hydroxyl groups is 8. The van der Waals surface area contributed by atoms with Gasteiger partial charge in [0.25, 0.3) is 0 Å². The number of unbranched alkanes of at least 4 members (excludes halogenated alkanes) is 38. The van der Waals surface area contributed by atoms with Gasteiger partial charge in [-0.3, -0.25) is 4.79 Å². The number of hydrogen-bond acceptors (Lipinski definition) is 13. The Balaban J connectivity index is 1.59. The molecule has 0 aliphatic carbocycles. The van der Waals surface area contributed by atoms with Crippen LogP contribution in [0.1, 0.15) is 284 Å². The summed E-state index contributed by atoms with van der Waals surface area (Å²) in [5.74, 6) is -0.245. The van der Waals surface area contributed by atoms with E-state index in [1.165, 1.54) is 218 Å². The van der Waals surface area contributed by atoms with Gasteiger partial charge in [0.1, 0.15) is 48.8 Å².